The van der Waals surface area contributed by atoms with Crippen LogP contribution < -0.4 is 11.3 Å². The molecule has 0 aliphatic heterocycles. The summed E-state index contributed by atoms with van der Waals surface area (Å²) in [6.45, 7) is 2.83. The average molecular weight is 275 g/mol. The number of nitrogen functional groups attached to an aromatic ring is 1. The first-order valence-corrected chi connectivity index (χ1v) is 7.44. The maximum absolute atomic E-state index is 12.5. The fraction of sp³-hybridized carbons (Fsp3) is 0.562. The maximum atomic E-state index is 12.5. The predicted molar refractivity (Wildman–Crippen MR) is 82.5 cm³/mol. The molecule has 0 bridgehead atoms. The molecule has 0 aromatic heterocycles. The Morgan fingerprint density at radius 1 is 1.35 bits per heavy atom. The molecule has 110 valence electrons. The summed E-state index contributed by atoms with van der Waals surface area (Å²) >= 11 is 0. The van der Waals surface area contributed by atoms with E-state index in [1.165, 1.54) is 32.1 Å². The van der Waals surface area contributed by atoms with Gasteiger partial charge in [0.15, 0.2) is 0 Å². The van der Waals surface area contributed by atoms with Gasteiger partial charge < -0.3 is 10.3 Å². The zero-order valence-electron chi connectivity index (χ0n) is 12.5. The highest BCUT2D eigenvalue weighted by Gasteiger charge is 2.20. The van der Waals surface area contributed by atoms with Crippen LogP contribution >= 0.6 is 0 Å². The number of anilines is 1. The maximum Gasteiger partial charge on any atom is 0.255 e. The molecule has 1 aromatic rings. The predicted octanol–water partition coefficient (Wildman–Crippen LogP) is 2.93. The van der Waals surface area contributed by atoms with E-state index in [1.54, 1.807) is 0 Å². The topological polar surface area (TPSA) is 58.4 Å². The Bertz CT molecular complexity index is 467. The lowest BCUT2D eigenvalue weighted by Crippen LogP contribution is -2.33. The van der Waals surface area contributed by atoms with Crippen molar-refractivity contribution in [3.05, 3.63) is 29.3 Å². The molecule has 2 rings (SSSR count). The Morgan fingerprint density at radius 3 is 2.70 bits per heavy atom. The van der Waals surface area contributed by atoms with E-state index < -0.39 is 0 Å². The molecule has 0 atom stereocenters. The summed E-state index contributed by atoms with van der Waals surface area (Å²) in [6.07, 6.45) is 6.42. The molecule has 0 unspecified atom stereocenters. The molecule has 0 spiro atoms. The molecule has 1 amide bonds. The third-order valence-electron chi connectivity index (χ3n) is 4.16. The van der Waals surface area contributed by atoms with Gasteiger partial charge in [-0.1, -0.05) is 25.3 Å². The summed E-state index contributed by atoms with van der Waals surface area (Å²) in [5.41, 5.74) is 5.06. The third-order valence-corrected chi connectivity index (χ3v) is 4.16. The van der Waals surface area contributed by atoms with E-state index in [2.05, 4.69) is 5.43 Å². The lowest BCUT2D eigenvalue weighted by atomic mass is 9.89. The minimum atomic E-state index is 0.0449. The number of amides is 1. The van der Waals surface area contributed by atoms with Crippen molar-refractivity contribution in [1.29, 1.82) is 0 Å². The first-order valence-electron chi connectivity index (χ1n) is 7.44. The monoisotopic (exact) mass is 275 g/mol. The Hall–Kier alpha value is -1.55. The van der Waals surface area contributed by atoms with Gasteiger partial charge in [0.25, 0.3) is 5.91 Å². The third kappa shape index (κ3) is 3.51. The fourth-order valence-corrected chi connectivity index (χ4v) is 3.01. The van der Waals surface area contributed by atoms with Crippen molar-refractivity contribution in [1.82, 2.24) is 4.90 Å². The normalized spacial score (nSPS) is 15.9. The number of hydrogen-bond donors (Lipinski definition) is 2. The molecule has 1 aliphatic carbocycles. The van der Waals surface area contributed by atoms with Crippen LogP contribution in [0.3, 0.4) is 0 Å². The van der Waals surface area contributed by atoms with Crippen LogP contribution in [-0.4, -0.2) is 24.4 Å². The van der Waals surface area contributed by atoms with Gasteiger partial charge in [-0.15, -0.1) is 0 Å². The average Bonchev–Trinajstić information content (AvgIpc) is 2.47. The summed E-state index contributed by atoms with van der Waals surface area (Å²) in [5, 5.41) is 0. The summed E-state index contributed by atoms with van der Waals surface area (Å²) in [7, 11) is 1.89. The van der Waals surface area contributed by atoms with Crippen LogP contribution in [0.5, 0.6) is 0 Å². The summed E-state index contributed by atoms with van der Waals surface area (Å²) in [4.78, 5) is 14.4. The Morgan fingerprint density at radius 2 is 2.05 bits per heavy atom. The number of nitrogens with zero attached hydrogens (tertiary/aromatic N) is 1. The molecule has 1 aliphatic rings. The largest absolute Gasteiger partial charge is 0.341 e. The molecule has 0 saturated heterocycles. The number of benzene rings is 1. The molecule has 0 radical (unpaired) electrons. The Kier molecular flexibility index (Phi) is 5.01. The van der Waals surface area contributed by atoms with Crippen LogP contribution in [0.2, 0.25) is 0 Å². The highest BCUT2D eigenvalue weighted by molar-refractivity contribution is 5.99. The fourth-order valence-electron chi connectivity index (χ4n) is 3.01. The van der Waals surface area contributed by atoms with Crippen LogP contribution in [0, 0.1) is 12.8 Å². The standard InChI is InChI=1S/C16H25N3O/c1-12-8-9-14(15(10-12)18-17)16(20)19(2)11-13-6-4-3-5-7-13/h8-10,13,18H,3-7,11,17H2,1-2H3. The lowest BCUT2D eigenvalue weighted by Gasteiger charge is -2.27. The van der Waals surface area contributed by atoms with Gasteiger partial charge in [0.05, 0.1) is 11.3 Å². The summed E-state index contributed by atoms with van der Waals surface area (Å²) in [5.74, 6) is 6.22. The smallest absolute Gasteiger partial charge is 0.255 e. The highest BCUT2D eigenvalue weighted by Crippen LogP contribution is 2.25. The molecule has 0 heterocycles. The number of nitrogens with one attached hydrogen (secondary N) is 1. The van der Waals surface area contributed by atoms with Crippen molar-refractivity contribution in [3.8, 4) is 0 Å². The van der Waals surface area contributed by atoms with E-state index in [4.69, 9.17) is 5.84 Å². The first-order chi connectivity index (χ1) is 9.61. The van der Waals surface area contributed by atoms with Crippen molar-refractivity contribution in [3.63, 3.8) is 0 Å². The minimum absolute atomic E-state index is 0.0449. The van der Waals surface area contributed by atoms with E-state index in [-0.39, 0.29) is 5.91 Å². The van der Waals surface area contributed by atoms with Gasteiger partial charge in [-0.2, -0.15) is 0 Å². The molecule has 1 fully saturated rings. The summed E-state index contributed by atoms with van der Waals surface area (Å²) < 4.78 is 0. The Labute approximate surface area is 121 Å². The molecular weight excluding hydrogens is 250 g/mol. The number of carbonyl (C=O) groups is 1. The van der Waals surface area contributed by atoms with Crippen molar-refractivity contribution in [2.75, 3.05) is 19.0 Å². The molecule has 4 heteroatoms. The second-order valence-electron chi connectivity index (χ2n) is 5.88. The minimum Gasteiger partial charge on any atom is -0.341 e. The number of nitrogens with two attached hydrogens (primary N) is 1. The number of hydrogen-bond acceptors (Lipinski definition) is 3. The molecule has 3 N–H and O–H groups in total. The number of carbonyl (C=O) groups excluding carboxylic acids is 1. The highest BCUT2D eigenvalue weighted by atomic mass is 16.2. The molecule has 20 heavy (non-hydrogen) atoms. The van der Waals surface area contributed by atoms with Crippen LogP contribution in [0.4, 0.5) is 5.69 Å². The van der Waals surface area contributed by atoms with Gasteiger partial charge in [0, 0.05) is 13.6 Å². The van der Waals surface area contributed by atoms with E-state index in [1.807, 2.05) is 37.1 Å². The van der Waals surface area contributed by atoms with Crippen LogP contribution in [0.25, 0.3) is 0 Å². The second-order valence-corrected chi connectivity index (χ2v) is 5.88. The SMILES string of the molecule is Cc1ccc(C(=O)N(C)CC2CCCCC2)c(NN)c1. The number of aryl methyl sites for hydroxylation is 1. The van der Waals surface area contributed by atoms with Crippen LogP contribution in [-0.2, 0) is 0 Å². The first kappa shape index (κ1) is 14.9. The molecule has 4 nitrogen and oxygen atoms in total. The summed E-state index contributed by atoms with van der Waals surface area (Å²) in [6, 6.07) is 5.70. The van der Waals surface area contributed by atoms with Crippen molar-refractivity contribution in [2.24, 2.45) is 11.8 Å². The van der Waals surface area contributed by atoms with E-state index in [9.17, 15) is 4.79 Å². The van der Waals surface area contributed by atoms with Gasteiger partial charge in [-0.05, 0) is 43.4 Å². The van der Waals surface area contributed by atoms with Gasteiger partial charge in [-0.3, -0.25) is 10.6 Å². The van der Waals surface area contributed by atoms with Crippen LogP contribution in [0.1, 0.15) is 48.0 Å². The van der Waals surface area contributed by atoms with Gasteiger partial charge in [0.1, 0.15) is 0 Å². The lowest BCUT2D eigenvalue weighted by molar-refractivity contribution is 0.0761. The van der Waals surface area contributed by atoms with Crippen molar-refractivity contribution >= 4 is 11.6 Å². The van der Waals surface area contributed by atoms with Crippen molar-refractivity contribution < 1.29 is 4.79 Å². The number of rotatable bonds is 4. The quantitative estimate of drug-likeness (QED) is 0.656. The molecule has 1 saturated carbocycles. The van der Waals surface area contributed by atoms with E-state index in [0.717, 1.165) is 12.1 Å². The molecule has 1 aromatic carbocycles. The van der Waals surface area contributed by atoms with Crippen LogP contribution in [0.15, 0.2) is 18.2 Å². The van der Waals surface area contributed by atoms with E-state index in [0.29, 0.717) is 17.2 Å². The second kappa shape index (κ2) is 6.75. The number of hydrazine groups is 1. The van der Waals surface area contributed by atoms with E-state index >= 15 is 0 Å². The Balaban J connectivity index is 2.05. The van der Waals surface area contributed by atoms with Gasteiger partial charge >= 0.3 is 0 Å². The van der Waals surface area contributed by atoms with Gasteiger partial charge in [0.2, 0.25) is 0 Å². The molecular formula is C16H25N3O. The van der Waals surface area contributed by atoms with Gasteiger partial charge in [-0.25, -0.2) is 0 Å². The van der Waals surface area contributed by atoms with Crippen molar-refractivity contribution in [2.45, 2.75) is 39.0 Å². The zero-order chi connectivity index (χ0) is 14.5. The zero-order valence-corrected chi connectivity index (χ0v) is 12.5.